The zero-order valence-electron chi connectivity index (χ0n) is 16.0. The first-order valence-electron chi connectivity index (χ1n) is 9.54. The summed E-state index contributed by atoms with van der Waals surface area (Å²) >= 11 is 0. The normalized spacial score (nSPS) is 10.8. The second-order valence-corrected chi connectivity index (χ2v) is 6.65. The number of rotatable bonds is 5. The third-order valence-electron chi connectivity index (χ3n) is 4.59. The second-order valence-electron chi connectivity index (χ2n) is 6.65. The molecule has 0 fully saturated rings. The van der Waals surface area contributed by atoms with Crippen molar-refractivity contribution in [1.82, 2.24) is 9.55 Å². The molecule has 0 N–H and O–H groups in total. The van der Waals surface area contributed by atoms with Gasteiger partial charge < -0.3 is 4.74 Å². The van der Waals surface area contributed by atoms with Gasteiger partial charge in [-0.3, -0.25) is 9.36 Å². The molecule has 5 heteroatoms. The lowest BCUT2D eigenvalue weighted by Gasteiger charge is -2.14. The quantitative estimate of drug-likeness (QED) is 0.471. The molecule has 5 nitrogen and oxygen atoms in total. The van der Waals surface area contributed by atoms with Gasteiger partial charge in [-0.15, -0.1) is 0 Å². The van der Waals surface area contributed by atoms with Crippen LogP contribution in [0, 0.1) is 0 Å². The van der Waals surface area contributed by atoms with Crippen molar-refractivity contribution in [1.29, 1.82) is 0 Å². The summed E-state index contributed by atoms with van der Waals surface area (Å²) in [5.41, 5.74) is 2.22. The summed E-state index contributed by atoms with van der Waals surface area (Å²) < 4.78 is 6.79. The molecule has 1 aromatic heterocycles. The highest BCUT2D eigenvalue weighted by molar-refractivity contribution is 5.90. The molecule has 29 heavy (non-hydrogen) atoms. The number of esters is 1. The van der Waals surface area contributed by atoms with Crippen LogP contribution in [-0.4, -0.2) is 22.1 Å². The van der Waals surface area contributed by atoms with Crippen LogP contribution in [0.1, 0.15) is 23.7 Å². The molecular weight excluding hydrogens is 364 g/mol. The molecule has 144 valence electrons. The molecule has 0 bridgehead atoms. The Morgan fingerprint density at radius 1 is 0.966 bits per heavy atom. The topological polar surface area (TPSA) is 61.2 Å². The Balaban J connectivity index is 1.95. The lowest BCUT2D eigenvalue weighted by molar-refractivity contribution is 0.0505. The van der Waals surface area contributed by atoms with Crippen molar-refractivity contribution in [3.8, 4) is 17.1 Å². The van der Waals surface area contributed by atoms with Crippen LogP contribution in [0.2, 0.25) is 0 Å². The van der Waals surface area contributed by atoms with Crippen molar-refractivity contribution in [2.45, 2.75) is 13.3 Å². The first kappa shape index (κ1) is 18.6. The van der Waals surface area contributed by atoms with Crippen molar-refractivity contribution < 1.29 is 9.53 Å². The summed E-state index contributed by atoms with van der Waals surface area (Å²) in [4.78, 5) is 30.5. The average Bonchev–Trinajstić information content (AvgIpc) is 2.78. The third-order valence-corrected chi connectivity index (χ3v) is 4.59. The van der Waals surface area contributed by atoms with Crippen LogP contribution in [0.25, 0.3) is 28.0 Å². The predicted octanol–water partition coefficient (Wildman–Crippen LogP) is 4.62. The van der Waals surface area contributed by atoms with Gasteiger partial charge in [0, 0.05) is 5.56 Å². The zero-order chi connectivity index (χ0) is 20.2. The van der Waals surface area contributed by atoms with Crippen LogP contribution < -0.4 is 5.56 Å². The van der Waals surface area contributed by atoms with Gasteiger partial charge >= 0.3 is 5.97 Å². The maximum atomic E-state index is 13.4. The number of hydrogen-bond acceptors (Lipinski definition) is 4. The summed E-state index contributed by atoms with van der Waals surface area (Å²) in [6.07, 6.45) is 0.748. The Bertz CT molecular complexity index is 1230. The highest BCUT2D eigenvalue weighted by atomic mass is 16.5. The third kappa shape index (κ3) is 3.67. The van der Waals surface area contributed by atoms with Crippen molar-refractivity contribution in [3.63, 3.8) is 0 Å². The van der Waals surface area contributed by atoms with Gasteiger partial charge in [0.1, 0.15) is 5.82 Å². The van der Waals surface area contributed by atoms with Crippen LogP contribution in [-0.2, 0) is 4.74 Å². The van der Waals surface area contributed by atoms with E-state index in [-0.39, 0.29) is 5.56 Å². The van der Waals surface area contributed by atoms with E-state index in [1.165, 1.54) is 0 Å². The second kappa shape index (κ2) is 8.10. The molecule has 0 spiro atoms. The molecule has 0 amide bonds. The van der Waals surface area contributed by atoms with Crippen LogP contribution in [0.5, 0.6) is 0 Å². The van der Waals surface area contributed by atoms with Crippen molar-refractivity contribution in [2.24, 2.45) is 0 Å². The van der Waals surface area contributed by atoms with E-state index >= 15 is 0 Å². The maximum Gasteiger partial charge on any atom is 0.338 e. The summed E-state index contributed by atoms with van der Waals surface area (Å²) in [6.45, 7) is 2.30. The Labute approximate surface area is 168 Å². The van der Waals surface area contributed by atoms with Crippen molar-refractivity contribution in [3.05, 3.63) is 94.8 Å². The lowest BCUT2D eigenvalue weighted by Crippen LogP contribution is -2.22. The Morgan fingerprint density at radius 3 is 2.52 bits per heavy atom. The Hall–Kier alpha value is -3.73. The largest absolute Gasteiger partial charge is 0.462 e. The van der Waals surface area contributed by atoms with Gasteiger partial charge in [0.2, 0.25) is 0 Å². The van der Waals surface area contributed by atoms with E-state index in [4.69, 9.17) is 9.72 Å². The van der Waals surface area contributed by atoms with Crippen LogP contribution in [0.3, 0.4) is 0 Å². The molecular formula is C24H20N2O3. The van der Waals surface area contributed by atoms with E-state index in [0.29, 0.717) is 34.6 Å². The van der Waals surface area contributed by atoms with Crippen LogP contribution in [0.15, 0.2) is 83.7 Å². The molecule has 0 aliphatic carbocycles. The summed E-state index contributed by atoms with van der Waals surface area (Å²) in [7, 11) is 0. The van der Waals surface area contributed by atoms with Crippen LogP contribution in [0.4, 0.5) is 0 Å². The van der Waals surface area contributed by atoms with Gasteiger partial charge in [0.05, 0.1) is 28.8 Å². The minimum absolute atomic E-state index is 0.187. The predicted molar refractivity (Wildman–Crippen MR) is 113 cm³/mol. The molecule has 0 atom stereocenters. The summed E-state index contributed by atoms with van der Waals surface area (Å²) in [5.74, 6) is 0.116. The molecule has 4 rings (SSSR count). The minimum Gasteiger partial charge on any atom is -0.462 e. The standard InChI is InChI=1S/C24H20N2O3/c1-2-15-29-24(28)18-11-8-12-19(16-18)26-22(17-9-4-3-5-10-17)25-21-14-7-6-13-20(21)23(26)27/h3-14,16H,2,15H2,1H3. The minimum atomic E-state index is -0.406. The zero-order valence-corrected chi connectivity index (χ0v) is 16.0. The number of benzene rings is 3. The SMILES string of the molecule is CCCOC(=O)c1cccc(-n2c(-c3ccccc3)nc3ccccc3c2=O)c1. The summed E-state index contributed by atoms with van der Waals surface area (Å²) in [6, 6.07) is 23.7. The Morgan fingerprint density at radius 2 is 1.72 bits per heavy atom. The monoisotopic (exact) mass is 384 g/mol. The number of fused-ring (bicyclic) bond motifs is 1. The van der Waals surface area contributed by atoms with Gasteiger partial charge in [-0.2, -0.15) is 0 Å². The smallest absolute Gasteiger partial charge is 0.338 e. The molecule has 0 aliphatic rings. The molecule has 0 aliphatic heterocycles. The lowest BCUT2D eigenvalue weighted by atomic mass is 10.1. The highest BCUT2D eigenvalue weighted by Crippen LogP contribution is 2.22. The van der Waals surface area contributed by atoms with Crippen molar-refractivity contribution in [2.75, 3.05) is 6.61 Å². The van der Waals surface area contributed by atoms with Crippen LogP contribution >= 0.6 is 0 Å². The highest BCUT2D eigenvalue weighted by Gasteiger charge is 2.16. The van der Waals surface area contributed by atoms with E-state index in [9.17, 15) is 9.59 Å². The van der Waals surface area contributed by atoms with Gasteiger partial charge in [-0.1, -0.05) is 55.5 Å². The molecule has 3 aromatic carbocycles. The fraction of sp³-hybridized carbons (Fsp3) is 0.125. The molecule has 0 unspecified atom stereocenters. The molecule has 4 aromatic rings. The molecule has 1 heterocycles. The number of carbonyl (C=O) groups is 1. The maximum absolute atomic E-state index is 13.4. The van der Waals surface area contributed by atoms with Gasteiger partial charge in [0.15, 0.2) is 0 Å². The number of aromatic nitrogens is 2. The van der Waals surface area contributed by atoms with Gasteiger partial charge in [0.25, 0.3) is 5.56 Å². The van der Waals surface area contributed by atoms with Gasteiger partial charge in [-0.25, -0.2) is 9.78 Å². The van der Waals surface area contributed by atoms with E-state index < -0.39 is 5.97 Å². The van der Waals surface area contributed by atoms with E-state index in [0.717, 1.165) is 12.0 Å². The van der Waals surface area contributed by atoms with E-state index in [1.807, 2.05) is 55.5 Å². The van der Waals surface area contributed by atoms with Crippen molar-refractivity contribution >= 4 is 16.9 Å². The fourth-order valence-corrected chi connectivity index (χ4v) is 3.20. The molecule has 0 saturated heterocycles. The number of carbonyl (C=O) groups excluding carboxylic acids is 1. The molecule has 0 saturated carbocycles. The Kier molecular flexibility index (Phi) is 5.20. The first-order valence-corrected chi connectivity index (χ1v) is 9.54. The summed E-state index contributed by atoms with van der Waals surface area (Å²) in [5, 5.41) is 0.520. The average molecular weight is 384 g/mol. The number of para-hydroxylation sites is 1. The van der Waals surface area contributed by atoms with E-state index in [2.05, 4.69) is 0 Å². The molecule has 0 radical (unpaired) electrons. The fourth-order valence-electron chi connectivity index (χ4n) is 3.20. The number of nitrogens with zero attached hydrogens (tertiary/aromatic N) is 2. The first-order chi connectivity index (χ1) is 14.2. The van der Waals surface area contributed by atoms with E-state index in [1.54, 1.807) is 34.9 Å². The van der Waals surface area contributed by atoms with Gasteiger partial charge in [-0.05, 0) is 36.8 Å². The number of hydrogen-bond donors (Lipinski definition) is 0. The number of ether oxygens (including phenoxy) is 1.